The summed E-state index contributed by atoms with van der Waals surface area (Å²) in [5.41, 5.74) is 6.31. The highest BCUT2D eigenvalue weighted by Gasteiger charge is 2.49. The lowest BCUT2D eigenvalue weighted by Crippen LogP contribution is -2.50. The fraction of sp³-hybridized carbons (Fsp3) is 0.350. The van der Waals surface area contributed by atoms with Gasteiger partial charge in [-0.05, 0) is 37.3 Å². The fourth-order valence-electron chi connectivity index (χ4n) is 3.94. The van der Waals surface area contributed by atoms with Gasteiger partial charge >= 0.3 is 0 Å². The molecule has 1 unspecified atom stereocenters. The quantitative estimate of drug-likeness (QED) is 0.766. The van der Waals surface area contributed by atoms with Crippen LogP contribution < -0.4 is 11.1 Å². The Kier molecular flexibility index (Phi) is 5.50. The van der Waals surface area contributed by atoms with Gasteiger partial charge in [-0.1, -0.05) is 23.4 Å². The fourth-order valence-corrected chi connectivity index (χ4v) is 5.18. The summed E-state index contributed by atoms with van der Waals surface area (Å²) >= 11 is 7.27. The zero-order valence-electron chi connectivity index (χ0n) is 15.7. The number of nitrogens with zero attached hydrogens (tertiary/aromatic N) is 2. The van der Waals surface area contributed by atoms with E-state index >= 15 is 0 Å². The number of amides is 1. The van der Waals surface area contributed by atoms with Crippen LogP contribution in [-0.2, 0) is 10.3 Å². The highest BCUT2D eigenvalue weighted by Crippen LogP contribution is 2.48. The van der Waals surface area contributed by atoms with E-state index in [9.17, 15) is 9.18 Å². The van der Waals surface area contributed by atoms with E-state index in [1.54, 1.807) is 12.1 Å². The third-order valence-corrected chi connectivity index (χ3v) is 6.55. The molecular weight excluding hydrogens is 415 g/mol. The van der Waals surface area contributed by atoms with Crippen LogP contribution in [0, 0.1) is 11.7 Å². The maximum Gasteiger partial charge on any atom is 0.274 e. The van der Waals surface area contributed by atoms with E-state index in [4.69, 9.17) is 27.1 Å². The summed E-state index contributed by atoms with van der Waals surface area (Å²) in [6.45, 7) is 2.44. The normalized spacial score (nSPS) is 26.4. The van der Waals surface area contributed by atoms with Crippen molar-refractivity contribution in [3.05, 3.63) is 58.6 Å². The highest BCUT2D eigenvalue weighted by molar-refractivity contribution is 8.13. The molecule has 1 amide bonds. The number of nitrogens with two attached hydrogens (primary N) is 1. The Morgan fingerprint density at radius 2 is 2.24 bits per heavy atom. The predicted octanol–water partition coefficient (Wildman–Crippen LogP) is 3.81. The molecule has 0 bridgehead atoms. The average molecular weight is 435 g/mol. The standard InChI is InChI=1S/C20H20ClFN4O2S/c1-11-15-10-29-19(23)26-20(15,6-7-28-11)14-8-13(3-4-16(14)22)25-18(27)17-5-2-12(21)9-24-17/h2-5,8-9,11,15H,6-7,10H2,1H3,(H2,23,26)(H,25,27)/t11-,15-,20?/m1/s1. The first-order valence-corrected chi connectivity index (χ1v) is 10.6. The molecule has 1 saturated heterocycles. The summed E-state index contributed by atoms with van der Waals surface area (Å²) < 4.78 is 20.8. The molecule has 2 aromatic rings. The van der Waals surface area contributed by atoms with Crippen molar-refractivity contribution in [2.75, 3.05) is 17.7 Å². The number of carbonyl (C=O) groups is 1. The Labute approximate surface area is 177 Å². The van der Waals surface area contributed by atoms with Crippen molar-refractivity contribution >= 4 is 40.1 Å². The van der Waals surface area contributed by atoms with E-state index in [-0.39, 0.29) is 23.5 Å². The zero-order chi connectivity index (χ0) is 20.6. The zero-order valence-corrected chi connectivity index (χ0v) is 17.3. The Morgan fingerprint density at radius 1 is 1.41 bits per heavy atom. The molecule has 0 radical (unpaired) electrons. The number of thioether (sulfide) groups is 1. The van der Waals surface area contributed by atoms with Gasteiger partial charge < -0.3 is 15.8 Å². The van der Waals surface area contributed by atoms with Crippen LogP contribution in [0.5, 0.6) is 0 Å². The molecule has 29 heavy (non-hydrogen) atoms. The molecule has 9 heteroatoms. The molecule has 4 rings (SSSR count). The number of amidine groups is 1. The maximum atomic E-state index is 15.0. The topological polar surface area (TPSA) is 89.6 Å². The summed E-state index contributed by atoms with van der Waals surface area (Å²) in [6.07, 6.45) is 1.84. The van der Waals surface area contributed by atoms with Crippen LogP contribution in [0.15, 0.2) is 41.5 Å². The first-order chi connectivity index (χ1) is 13.9. The summed E-state index contributed by atoms with van der Waals surface area (Å²) in [5.74, 6) is -0.112. The third kappa shape index (κ3) is 3.84. The molecule has 1 aromatic carbocycles. The number of aliphatic imine (C=N–C) groups is 1. The molecule has 3 heterocycles. The summed E-state index contributed by atoms with van der Waals surface area (Å²) in [5, 5.41) is 3.65. The van der Waals surface area contributed by atoms with Gasteiger partial charge in [0.1, 0.15) is 11.5 Å². The van der Waals surface area contributed by atoms with E-state index in [1.165, 1.54) is 36.2 Å². The molecule has 2 aliphatic heterocycles. The number of anilines is 1. The Balaban J connectivity index is 1.70. The van der Waals surface area contributed by atoms with Crippen molar-refractivity contribution in [1.82, 2.24) is 4.98 Å². The van der Waals surface area contributed by atoms with E-state index in [0.29, 0.717) is 40.2 Å². The number of fused-ring (bicyclic) bond motifs is 1. The van der Waals surface area contributed by atoms with Crippen LogP contribution in [0.4, 0.5) is 10.1 Å². The molecule has 2 aliphatic rings. The van der Waals surface area contributed by atoms with Crippen LogP contribution in [0.1, 0.15) is 29.4 Å². The molecule has 3 atom stereocenters. The SMILES string of the molecule is C[C@H]1OCCC2(c3cc(NC(=O)c4ccc(Cl)cn4)ccc3F)N=C(N)SC[C@H]12. The second-order valence-electron chi connectivity index (χ2n) is 7.13. The molecule has 0 aliphatic carbocycles. The van der Waals surface area contributed by atoms with E-state index in [1.807, 2.05) is 6.92 Å². The van der Waals surface area contributed by atoms with Crippen molar-refractivity contribution < 1.29 is 13.9 Å². The van der Waals surface area contributed by atoms with Gasteiger partial charge in [0.25, 0.3) is 5.91 Å². The molecule has 0 saturated carbocycles. The lowest BCUT2D eigenvalue weighted by molar-refractivity contribution is -0.0514. The number of nitrogens with one attached hydrogen (secondary N) is 1. The third-order valence-electron chi connectivity index (χ3n) is 5.42. The average Bonchev–Trinajstić information content (AvgIpc) is 2.69. The number of carbonyl (C=O) groups excluding carboxylic acids is 1. The van der Waals surface area contributed by atoms with Crippen molar-refractivity contribution in [1.29, 1.82) is 0 Å². The number of pyridine rings is 1. The van der Waals surface area contributed by atoms with Crippen LogP contribution >= 0.6 is 23.4 Å². The molecule has 1 aromatic heterocycles. The smallest absolute Gasteiger partial charge is 0.274 e. The number of benzene rings is 1. The van der Waals surface area contributed by atoms with Gasteiger partial charge in [0.05, 0.1) is 16.7 Å². The Bertz CT molecular complexity index is 971. The number of hydrogen-bond acceptors (Lipinski definition) is 6. The van der Waals surface area contributed by atoms with E-state index in [2.05, 4.69) is 10.3 Å². The van der Waals surface area contributed by atoms with E-state index < -0.39 is 11.4 Å². The van der Waals surface area contributed by atoms with Gasteiger partial charge in [-0.2, -0.15) is 0 Å². The van der Waals surface area contributed by atoms with Crippen molar-refractivity contribution in [2.45, 2.75) is 25.0 Å². The summed E-state index contributed by atoms with van der Waals surface area (Å²) in [4.78, 5) is 21.2. The van der Waals surface area contributed by atoms with Gasteiger partial charge in [-0.25, -0.2) is 9.37 Å². The number of rotatable bonds is 3. The monoisotopic (exact) mass is 434 g/mol. The first kappa shape index (κ1) is 20.1. The minimum absolute atomic E-state index is 0.0214. The number of halogens is 2. The van der Waals surface area contributed by atoms with Crippen LogP contribution in [0.25, 0.3) is 0 Å². The molecular formula is C20H20ClFN4O2S. The lowest BCUT2D eigenvalue weighted by Gasteiger charge is -2.47. The van der Waals surface area contributed by atoms with Crippen LogP contribution in [-0.4, -0.2) is 34.5 Å². The summed E-state index contributed by atoms with van der Waals surface area (Å²) in [6, 6.07) is 7.62. The highest BCUT2D eigenvalue weighted by atomic mass is 35.5. The van der Waals surface area contributed by atoms with Crippen LogP contribution in [0.3, 0.4) is 0 Å². The van der Waals surface area contributed by atoms with Gasteiger partial charge in [0.2, 0.25) is 0 Å². The number of ether oxygens (including phenoxy) is 1. The lowest BCUT2D eigenvalue weighted by atomic mass is 9.72. The molecule has 0 spiro atoms. The first-order valence-electron chi connectivity index (χ1n) is 9.22. The van der Waals surface area contributed by atoms with Gasteiger partial charge in [0, 0.05) is 42.1 Å². The molecule has 3 N–H and O–H groups in total. The van der Waals surface area contributed by atoms with E-state index in [0.717, 1.165) is 0 Å². The van der Waals surface area contributed by atoms with Crippen molar-refractivity contribution in [3.63, 3.8) is 0 Å². The molecule has 6 nitrogen and oxygen atoms in total. The second-order valence-corrected chi connectivity index (χ2v) is 8.60. The number of hydrogen-bond donors (Lipinski definition) is 2. The molecule has 152 valence electrons. The van der Waals surface area contributed by atoms with Gasteiger partial charge in [-0.15, -0.1) is 0 Å². The number of aromatic nitrogens is 1. The minimum Gasteiger partial charge on any atom is -0.379 e. The van der Waals surface area contributed by atoms with Gasteiger partial charge in [0.15, 0.2) is 5.17 Å². The predicted molar refractivity (Wildman–Crippen MR) is 113 cm³/mol. The van der Waals surface area contributed by atoms with Crippen molar-refractivity contribution in [3.8, 4) is 0 Å². The van der Waals surface area contributed by atoms with Crippen molar-refractivity contribution in [2.24, 2.45) is 16.6 Å². The molecule has 1 fully saturated rings. The minimum atomic E-state index is -0.809. The Hall–Kier alpha value is -2.16. The summed E-state index contributed by atoms with van der Waals surface area (Å²) in [7, 11) is 0. The maximum absolute atomic E-state index is 15.0. The second kappa shape index (κ2) is 7.93. The van der Waals surface area contributed by atoms with Crippen LogP contribution in [0.2, 0.25) is 5.02 Å². The Morgan fingerprint density at radius 3 is 3.00 bits per heavy atom. The van der Waals surface area contributed by atoms with Gasteiger partial charge in [-0.3, -0.25) is 9.79 Å². The largest absolute Gasteiger partial charge is 0.379 e.